The van der Waals surface area contributed by atoms with Crippen molar-refractivity contribution in [2.45, 2.75) is 20.3 Å². The molecule has 1 amide bonds. The molecule has 0 bridgehead atoms. The fourth-order valence-corrected chi connectivity index (χ4v) is 3.52. The second-order valence-corrected chi connectivity index (χ2v) is 7.46. The number of hydrogen-bond acceptors (Lipinski definition) is 7. The Kier molecular flexibility index (Phi) is 6.56. The van der Waals surface area contributed by atoms with E-state index in [0.29, 0.717) is 29.5 Å². The van der Waals surface area contributed by atoms with Crippen LogP contribution in [0.15, 0.2) is 46.9 Å². The minimum atomic E-state index is -0.704. The van der Waals surface area contributed by atoms with Gasteiger partial charge in [0, 0.05) is 23.9 Å². The molecule has 0 aliphatic rings. The zero-order valence-corrected chi connectivity index (χ0v) is 16.9. The van der Waals surface area contributed by atoms with Gasteiger partial charge in [-0.3, -0.25) is 9.59 Å². The number of benzene rings is 1. The molecular weight excluding hydrogens is 392 g/mol. The number of esters is 1. The van der Waals surface area contributed by atoms with Crippen molar-refractivity contribution in [2.75, 3.05) is 13.2 Å². The fourth-order valence-electron chi connectivity index (χ4n) is 2.58. The zero-order chi connectivity index (χ0) is 20.8. The van der Waals surface area contributed by atoms with Crippen LogP contribution in [0.1, 0.15) is 37.7 Å². The predicted octanol–water partition coefficient (Wildman–Crippen LogP) is 3.43. The molecule has 0 unspecified atom stereocenters. The molecule has 0 saturated carbocycles. The van der Waals surface area contributed by atoms with E-state index in [2.05, 4.69) is 10.3 Å². The van der Waals surface area contributed by atoms with Gasteiger partial charge < -0.3 is 14.5 Å². The first-order chi connectivity index (χ1) is 13.9. The average Bonchev–Trinajstić information content (AvgIpc) is 3.33. The molecule has 0 saturated heterocycles. The summed E-state index contributed by atoms with van der Waals surface area (Å²) in [5, 5.41) is 2.71. The fraction of sp³-hybridized carbons (Fsp3) is 0.238. The lowest BCUT2D eigenvalue weighted by Gasteiger charge is -2.01. The van der Waals surface area contributed by atoms with Gasteiger partial charge >= 0.3 is 5.97 Å². The van der Waals surface area contributed by atoms with Crippen molar-refractivity contribution in [3.63, 3.8) is 0 Å². The SMILES string of the molecule is CC(=O)NCCc1ccc(C(=O)COC(=O)c2nc(-c3ccccc3)oc2C)s1. The Morgan fingerprint density at radius 3 is 2.62 bits per heavy atom. The maximum Gasteiger partial charge on any atom is 0.361 e. The lowest BCUT2D eigenvalue weighted by Crippen LogP contribution is -2.22. The molecule has 2 heterocycles. The van der Waals surface area contributed by atoms with E-state index in [1.807, 2.05) is 36.4 Å². The maximum absolute atomic E-state index is 12.3. The molecule has 3 rings (SSSR count). The Labute approximate surface area is 171 Å². The molecule has 150 valence electrons. The van der Waals surface area contributed by atoms with Crippen molar-refractivity contribution in [2.24, 2.45) is 0 Å². The van der Waals surface area contributed by atoms with Crippen LogP contribution in [0.2, 0.25) is 0 Å². The van der Waals surface area contributed by atoms with Gasteiger partial charge in [0.25, 0.3) is 0 Å². The monoisotopic (exact) mass is 412 g/mol. The Hall–Kier alpha value is -3.26. The molecule has 29 heavy (non-hydrogen) atoms. The molecule has 1 N–H and O–H groups in total. The first-order valence-electron chi connectivity index (χ1n) is 9.00. The number of rotatable bonds is 8. The summed E-state index contributed by atoms with van der Waals surface area (Å²) in [6.07, 6.45) is 0.637. The normalized spacial score (nSPS) is 10.6. The van der Waals surface area contributed by atoms with Gasteiger partial charge in [0.05, 0.1) is 4.88 Å². The highest BCUT2D eigenvalue weighted by Gasteiger charge is 2.21. The number of thiophene rings is 1. The van der Waals surface area contributed by atoms with E-state index in [1.165, 1.54) is 18.3 Å². The number of nitrogens with one attached hydrogen (secondary N) is 1. The van der Waals surface area contributed by atoms with Crippen molar-refractivity contribution < 1.29 is 23.5 Å². The van der Waals surface area contributed by atoms with E-state index in [4.69, 9.17) is 9.15 Å². The Bertz CT molecular complexity index is 1020. The van der Waals surface area contributed by atoms with Crippen LogP contribution in [-0.4, -0.2) is 35.8 Å². The number of oxazole rings is 1. The van der Waals surface area contributed by atoms with Crippen molar-refractivity contribution in [1.29, 1.82) is 0 Å². The van der Waals surface area contributed by atoms with Gasteiger partial charge in [-0.2, -0.15) is 0 Å². The minimum Gasteiger partial charge on any atom is -0.452 e. The first-order valence-corrected chi connectivity index (χ1v) is 9.82. The number of ether oxygens (including phenoxy) is 1. The quantitative estimate of drug-likeness (QED) is 0.450. The van der Waals surface area contributed by atoms with E-state index in [1.54, 1.807) is 13.0 Å². The molecule has 0 atom stereocenters. The summed E-state index contributed by atoms with van der Waals surface area (Å²) in [5.41, 5.74) is 0.801. The van der Waals surface area contributed by atoms with Crippen molar-refractivity contribution in [3.8, 4) is 11.5 Å². The van der Waals surface area contributed by atoms with E-state index in [9.17, 15) is 14.4 Å². The van der Waals surface area contributed by atoms with Gasteiger partial charge in [0.1, 0.15) is 5.76 Å². The smallest absolute Gasteiger partial charge is 0.361 e. The van der Waals surface area contributed by atoms with Gasteiger partial charge in [-0.05, 0) is 37.6 Å². The number of amides is 1. The predicted molar refractivity (Wildman–Crippen MR) is 108 cm³/mol. The molecule has 7 nitrogen and oxygen atoms in total. The van der Waals surface area contributed by atoms with Crippen molar-refractivity contribution >= 4 is 29.0 Å². The third kappa shape index (κ3) is 5.39. The first kappa shape index (κ1) is 20.5. The Morgan fingerprint density at radius 1 is 1.14 bits per heavy atom. The van der Waals surface area contributed by atoms with Crippen LogP contribution >= 0.6 is 11.3 Å². The summed E-state index contributed by atoms with van der Waals surface area (Å²) in [7, 11) is 0. The molecule has 0 aliphatic carbocycles. The molecule has 3 aromatic rings. The molecular formula is C21H20N2O5S. The largest absolute Gasteiger partial charge is 0.452 e. The summed E-state index contributed by atoms with van der Waals surface area (Å²) in [6.45, 7) is 3.21. The van der Waals surface area contributed by atoms with E-state index < -0.39 is 5.97 Å². The highest BCUT2D eigenvalue weighted by atomic mass is 32.1. The van der Waals surface area contributed by atoms with Gasteiger partial charge in [0.15, 0.2) is 12.3 Å². The van der Waals surface area contributed by atoms with Crippen molar-refractivity contribution in [1.82, 2.24) is 10.3 Å². The van der Waals surface area contributed by atoms with Crippen molar-refractivity contribution in [3.05, 3.63) is 63.7 Å². The summed E-state index contributed by atoms with van der Waals surface area (Å²) >= 11 is 1.32. The summed E-state index contributed by atoms with van der Waals surface area (Å²) in [4.78, 5) is 41.2. The van der Waals surface area contributed by atoms with E-state index in [-0.39, 0.29) is 24.0 Å². The minimum absolute atomic E-state index is 0.0545. The molecule has 2 aromatic heterocycles. The number of carbonyl (C=O) groups is 3. The highest BCUT2D eigenvalue weighted by molar-refractivity contribution is 7.14. The lowest BCUT2D eigenvalue weighted by molar-refractivity contribution is -0.118. The average molecular weight is 412 g/mol. The Morgan fingerprint density at radius 2 is 1.90 bits per heavy atom. The van der Waals surface area contributed by atoms with Crippen LogP contribution in [0.25, 0.3) is 11.5 Å². The number of nitrogens with zero attached hydrogens (tertiary/aromatic N) is 1. The summed E-state index contributed by atoms with van der Waals surface area (Å²) in [5.74, 6) is -0.438. The van der Waals surface area contributed by atoms with Crippen LogP contribution < -0.4 is 5.32 Å². The van der Waals surface area contributed by atoms with Crippen LogP contribution in [-0.2, 0) is 16.0 Å². The van der Waals surface area contributed by atoms with Crippen LogP contribution in [0.5, 0.6) is 0 Å². The number of carbonyl (C=O) groups excluding carboxylic acids is 3. The topological polar surface area (TPSA) is 98.5 Å². The molecule has 1 aromatic carbocycles. The van der Waals surface area contributed by atoms with Gasteiger partial charge in [0.2, 0.25) is 17.6 Å². The number of hydrogen-bond donors (Lipinski definition) is 1. The maximum atomic E-state index is 12.3. The summed E-state index contributed by atoms with van der Waals surface area (Å²) < 4.78 is 10.7. The molecule has 0 aliphatic heterocycles. The van der Waals surface area contributed by atoms with E-state index >= 15 is 0 Å². The lowest BCUT2D eigenvalue weighted by atomic mass is 10.2. The molecule has 0 fully saturated rings. The van der Waals surface area contributed by atoms with Gasteiger partial charge in [-0.1, -0.05) is 18.2 Å². The van der Waals surface area contributed by atoms with Gasteiger partial charge in [-0.25, -0.2) is 9.78 Å². The van der Waals surface area contributed by atoms with Gasteiger partial charge in [-0.15, -0.1) is 11.3 Å². The second-order valence-electron chi connectivity index (χ2n) is 6.29. The third-order valence-electron chi connectivity index (χ3n) is 4.03. The number of Topliss-reactive ketones (excluding diaryl/α,β-unsaturated/α-hetero) is 1. The Balaban J connectivity index is 1.57. The highest BCUT2D eigenvalue weighted by Crippen LogP contribution is 2.22. The third-order valence-corrected chi connectivity index (χ3v) is 5.21. The number of aryl methyl sites for hydroxylation is 1. The van der Waals surface area contributed by atoms with Crippen LogP contribution in [0.4, 0.5) is 0 Å². The molecule has 0 radical (unpaired) electrons. The molecule has 0 spiro atoms. The number of ketones is 1. The number of aromatic nitrogens is 1. The molecule has 8 heteroatoms. The second kappa shape index (κ2) is 9.29. The van der Waals surface area contributed by atoms with Crippen LogP contribution in [0, 0.1) is 6.92 Å². The zero-order valence-electron chi connectivity index (χ0n) is 16.1. The standard InChI is InChI=1S/C21H20N2O5S/c1-13-19(23-20(28-13)15-6-4-3-5-7-15)21(26)27-12-17(25)18-9-8-16(29-18)10-11-22-14(2)24/h3-9H,10-12H2,1-2H3,(H,22,24). The van der Waals surface area contributed by atoms with E-state index in [0.717, 1.165) is 10.4 Å². The summed E-state index contributed by atoms with van der Waals surface area (Å²) in [6, 6.07) is 12.7. The van der Waals surface area contributed by atoms with Crippen LogP contribution in [0.3, 0.4) is 0 Å².